The number of ether oxygens (including phenoxy) is 1. The number of rotatable bonds is 6. The van der Waals surface area contributed by atoms with Crippen LogP contribution in [0.25, 0.3) is 0 Å². The minimum Gasteiger partial charge on any atom is -0.504 e. The third-order valence-corrected chi connectivity index (χ3v) is 3.78. The number of anilines is 1. The Bertz CT molecular complexity index is 847. The van der Waals surface area contributed by atoms with Crippen LogP contribution in [0.2, 0.25) is 5.02 Å². The number of hydrogen-bond acceptors (Lipinski definition) is 5. The summed E-state index contributed by atoms with van der Waals surface area (Å²) in [6, 6.07) is 7.66. The first-order valence-electron chi connectivity index (χ1n) is 7.98. The number of nitrogens with zero attached hydrogens (tertiary/aromatic N) is 1. The molecule has 0 saturated heterocycles. The number of aromatic hydroxyl groups is 1. The maximum absolute atomic E-state index is 13.3. The Morgan fingerprint density at radius 3 is 2.70 bits per heavy atom. The van der Waals surface area contributed by atoms with Crippen molar-refractivity contribution in [3.8, 4) is 11.5 Å². The molecule has 3 N–H and O–H groups in total. The summed E-state index contributed by atoms with van der Waals surface area (Å²) >= 11 is 5.90. The van der Waals surface area contributed by atoms with Crippen LogP contribution >= 0.6 is 11.6 Å². The predicted molar refractivity (Wildman–Crippen MR) is 100 cm³/mol. The average Bonchev–Trinajstić information content (AvgIpc) is 2.61. The van der Waals surface area contributed by atoms with Gasteiger partial charge in [-0.1, -0.05) is 17.7 Å². The van der Waals surface area contributed by atoms with Crippen LogP contribution in [-0.4, -0.2) is 49.2 Å². The van der Waals surface area contributed by atoms with Crippen LogP contribution in [0.15, 0.2) is 36.4 Å². The molecule has 2 aromatic carbocycles. The molecule has 2 amide bonds. The van der Waals surface area contributed by atoms with Gasteiger partial charge < -0.3 is 25.4 Å². The zero-order valence-electron chi connectivity index (χ0n) is 14.8. The Morgan fingerprint density at radius 1 is 1.30 bits per heavy atom. The standard InChI is InChI=1S/C18H19ClFN3O4/c1-21-6-7-23(2)18(26)27-16-14(8-11(19)9-15(16)24)17(25)22-13-5-3-4-12(20)10-13/h3-5,8-10,21,24H,6-7H2,1-2H3,(H,22,25). The van der Waals surface area contributed by atoms with Crippen LogP contribution in [0.5, 0.6) is 11.5 Å². The summed E-state index contributed by atoms with van der Waals surface area (Å²) in [6.45, 7) is 0.889. The van der Waals surface area contributed by atoms with Crippen molar-refractivity contribution in [1.29, 1.82) is 0 Å². The normalized spacial score (nSPS) is 10.4. The van der Waals surface area contributed by atoms with Crippen LogP contribution in [0.3, 0.4) is 0 Å². The number of carbonyl (C=O) groups is 2. The van der Waals surface area contributed by atoms with Gasteiger partial charge >= 0.3 is 6.09 Å². The summed E-state index contributed by atoms with van der Waals surface area (Å²) in [5.41, 5.74) is 0.0301. The first-order chi connectivity index (χ1) is 12.8. The van der Waals surface area contributed by atoms with Crippen LogP contribution < -0.4 is 15.4 Å². The van der Waals surface area contributed by atoms with Crippen molar-refractivity contribution in [2.45, 2.75) is 0 Å². The molecule has 0 aromatic heterocycles. The van der Waals surface area contributed by atoms with Gasteiger partial charge in [0.05, 0.1) is 5.56 Å². The second kappa shape index (κ2) is 9.20. The molecule has 2 aromatic rings. The SMILES string of the molecule is CNCCN(C)C(=O)Oc1c(O)cc(Cl)cc1C(=O)Nc1cccc(F)c1. The molecule has 0 aliphatic heterocycles. The summed E-state index contributed by atoms with van der Waals surface area (Å²) in [5, 5.41) is 15.5. The van der Waals surface area contributed by atoms with E-state index in [-0.39, 0.29) is 22.0 Å². The molecule has 0 aliphatic carbocycles. The highest BCUT2D eigenvalue weighted by Crippen LogP contribution is 2.34. The van der Waals surface area contributed by atoms with E-state index < -0.39 is 23.6 Å². The largest absolute Gasteiger partial charge is 0.504 e. The highest BCUT2D eigenvalue weighted by atomic mass is 35.5. The van der Waals surface area contributed by atoms with Gasteiger partial charge in [0.25, 0.3) is 5.91 Å². The van der Waals surface area contributed by atoms with Gasteiger partial charge in [-0.3, -0.25) is 4.79 Å². The minimum atomic E-state index is -0.761. The number of nitrogens with one attached hydrogen (secondary N) is 2. The Hall–Kier alpha value is -2.84. The fraction of sp³-hybridized carbons (Fsp3) is 0.222. The summed E-state index contributed by atoms with van der Waals surface area (Å²) in [4.78, 5) is 26.0. The van der Waals surface area contributed by atoms with Crippen molar-refractivity contribution in [2.24, 2.45) is 0 Å². The van der Waals surface area contributed by atoms with E-state index >= 15 is 0 Å². The molecule has 0 atom stereocenters. The molecule has 0 fully saturated rings. The molecule has 2 rings (SSSR count). The highest BCUT2D eigenvalue weighted by Gasteiger charge is 2.22. The average molecular weight is 396 g/mol. The lowest BCUT2D eigenvalue weighted by Crippen LogP contribution is -2.35. The van der Waals surface area contributed by atoms with E-state index in [1.54, 1.807) is 7.05 Å². The van der Waals surface area contributed by atoms with Gasteiger partial charge in [-0.25, -0.2) is 9.18 Å². The molecular weight excluding hydrogens is 377 g/mol. The second-order valence-electron chi connectivity index (χ2n) is 5.66. The first kappa shape index (κ1) is 20.5. The van der Waals surface area contributed by atoms with Crippen LogP contribution in [0, 0.1) is 5.82 Å². The van der Waals surface area contributed by atoms with E-state index in [4.69, 9.17) is 16.3 Å². The molecule has 27 heavy (non-hydrogen) atoms. The van der Waals surface area contributed by atoms with Crippen molar-refractivity contribution in [3.05, 3.63) is 52.8 Å². The second-order valence-corrected chi connectivity index (χ2v) is 6.10. The van der Waals surface area contributed by atoms with Crippen molar-refractivity contribution in [3.63, 3.8) is 0 Å². The lowest BCUT2D eigenvalue weighted by atomic mass is 10.1. The molecule has 0 spiro atoms. The highest BCUT2D eigenvalue weighted by molar-refractivity contribution is 6.31. The predicted octanol–water partition coefficient (Wildman–Crippen LogP) is 3.09. The Labute approximate surface area is 160 Å². The molecule has 0 unspecified atom stereocenters. The summed E-state index contributed by atoms with van der Waals surface area (Å²) in [6.07, 6.45) is -0.761. The van der Waals surface area contributed by atoms with Crippen LogP contribution in [0.4, 0.5) is 14.9 Å². The lowest BCUT2D eigenvalue weighted by Gasteiger charge is -2.18. The first-order valence-corrected chi connectivity index (χ1v) is 8.36. The lowest BCUT2D eigenvalue weighted by molar-refractivity contribution is 0.102. The Morgan fingerprint density at radius 2 is 2.04 bits per heavy atom. The number of benzene rings is 2. The van der Waals surface area contributed by atoms with Crippen molar-refractivity contribution < 1.29 is 23.8 Å². The molecular formula is C18H19ClFN3O4. The number of halogens is 2. The monoisotopic (exact) mass is 395 g/mol. The van der Waals surface area contributed by atoms with Crippen LogP contribution in [0.1, 0.15) is 10.4 Å². The van der Waals surface area contributed by atoms with Gasteiger partial charge in [-0.15, -0.1) is 0 Å². The maximum Gasteiger partial charge on any atom is 0.415 e. The summed E-state index contributed by atoms with van der Waals surface area (Å²) < 4.78 is 18.5. The Balaban J connectivity index is 2.27. The van der Waals surface area contributed by atoms with E-state index in [1.807, 2.05) is 0 Å². The van der Waals surface area contributed by atoms with Crippen molar-refractivity contribution >= 4 is 29.3 Å². The maximum atomic E-state index is 13.3. The quantitative estimate of drug-likeness (QED) is 0.699. The zero-order chi connectivity index (χ0) is 20.0. The Kier molecular flexibility index (Phi) is 6.98. The molecule has 0 heterocycles. The van der Waals surface area contributed by atoms with E-state index in [2.05, 4.69) is 10.6 Å². The number of phenolic OH excluding ortho intramolecular Hbond substituents is 1. The molecule has 144 valence electrons. The van der Waals surface area contributed by atoms with E-state index in [0.717, 1.165) is 12.1 Å². The van der Waals surface area contributed by atoms with E-state index in [1.165, 1.54) is 36.2 Å². The van der Waals surface area contributed by atoms with Crippen LogP contribution in [-0.2, 0) is 0 Å². The third kappa shape index (κ3) is 5.57. The smallest absolute Gasteiger partial charge is 0.415 e. The van der Waals surface area contributed by atoms with Crippen molar-refractivity contribution in [2.75, 3.05) is 32.5 Å². The number of hydrogen-bond donors (Lipinski definition) is 3. The number of carbonyl (C=O) groups excluding carboxylic acids is 2. The third-order valence-electron chi connectivity index (χ3n) is 3.56. The van der Waals surface area contributed by atoms with Gasteiger partial charge in [0.2, 0.25) is 0 Å². The van der Waals surface area contributed by atoms with Gasteiger partial charge in [-0.2, -0.15) is 0 Å². The number of amides is 2. The minimum absolute atomic E-state index is 0.0697. The summed E-state index contributed by atoms with van der Waals surface area (Å²) in [5.74, 6) is -2.06. The summed E-state index contributed by atoms with van der Waals surface area (Å²) in [7, 11) is 3.25. The molecule has 9 heteroatoms. The van der Waals surface area contributed by atoms with Gasteiger partial charge in [-0.05, 0) is 31.3 Å². The van der Waals surface area contributed by atoms with E-state index in [0.29, 0.717) is 13.1 Å². The molecule has 0 saturated carbocycles. The topological polar surface area (TPSA) is 90.9 Å². The number of phenols is 1. The van der Waals surface area contributed by atoms with Gasteiger partial charge in [0, 0.05) is 36.9 Å². The van der Waals surface area contributed by atoms with Gasteiger partial charge in [0.1, 0.15) is 5.82 Å². The van der Waals surface area contributed by atoms with Gasteiger partial charge in [0.15, 0.2) is 11.5 Å². The molecule has 7 nitrogen and oxygen atoms in total. The zero-order valence-corrected chi connectivity index (χ0v) is 15.5. The van der Waals surface area contributed by atoms with E-state index in [9.17, 15) is 19.1 Å². The molecule has 0 bridgehead atoms. The fourth-order valence-electron chi connectivity index (χ4n) is 2.16. The van der Waals surface area contributed by atoms with Crippen molar-refractivity contribution in [1.82, 2.24) is 10.2 Å². The fourth-order valence-corrected chi connectivity index (χ4v) is 2.37. The molecule has 0 radical (unpaired) electrons. The molecule has 0 aliphatic rings. The number of likely N-dealkylation sites (N-methyl/N-ethyl adjacent to an activating group) is 2.